The monoisotopic (exact) mass is 424 g/mol. The Bertz CT molecular complexity index is 575. The summed E-state index contributed by atoms with van der Waals surface area (Å²) in [5, 5.41) is 11.0. The van der Waals surface area contributed by atoms with Gasteiger partial charge < -0.3 is 30.2 Å². The van der Waals surface area contributed by atoms with E-state index in [1.54, 1.807) is 0 Å². The number of quaternary nitrogens is 2. The smallest absolute Gasteiger partial charge is 0.244 e. The fourth-order valence-electron chi connectivity index (χ4n) is 2.69. The normalized spacial score (nSPS) is 24.7. The van der Waals surface area contributed by atoms with E-state index < -0.39 is 0 Å². The van der Waals surface area contributed by atoms with Crippen LogP contribution in [0.15, 0.2) is 24.3 Å². The summed E-state index contributed by atoms with van der Waals surface area (Å²) < 4.78 is 1.17. The van der Waals surface area contributed by atoms with Gasteiger partial charge in [-0.3, -0.25) is 19.2 Å². The number of hydrogen-bond acceptors (Lipinski definition) is 4. The zero-order valence-corrected chi connectivity index (χ0v) is 18.5. The SMILES string of the molecule is C[N+]1(C)CCNC(=O)/C=C/C(=O)NCC[N+](C)(C)CCNC(=O)/C=C/C(=O)NCC1. The maximum absolute atomic E-state index is 11.9. The molecule has 4 amide bonds. The zero-order valence-electron chi connectivity index (χ0n) is 18.5. The van der Waals surface area contributed by atoms with Crippen molar-refractivity contribution in [1.29, 1.82) is 0 Å². The Hall–Kier alpha value is -2.72. The van der Waals surface area contributed by atoms with Gasteiger partial charge in [-0.05, 0) is 0 Å². The zero-order chi connectivity index (χ0) is 22.6. The molecule has 0 aromatic rings. The summed E-state index contributed by atoms with van der Waals surface area (Å²) in [6.45, 7) is 4.41. The number of carbonyl (C=O) groups excluding carboxylic acids is 4. The molecule has 0 unspecified atom stereocenters. The highest BCUT2D eigenvalue weighted by atomic mass is 16.2. The molecular formula is C20H36N6O4+2. The molecule has 0 atom stereocenters. The van der Waals surface area contributed by atoms with Gasteiger partial charge in [-0.2, -0.15) is 0 Å². The van der Waals surface area contributed by atoms with Crippen LogP contribution in [-0.2, 0) is 19.2 Å². The summed E-state index contributed by atoms with van der Waals surface area (Å²) in [5.74, 6) is -1.29. The van der Waals surface area contributed by atoms with Crippen LogP contribution < -0.4 is 21.3 Å². The fourth-order valence-corrected chi connectivity index (χ4v) is 2.69. The van der Waals surface area contributed by atoms with Crippen LogP contribution in [0.5, 0.6) is 0 Å². The average molecular weight is 425 g/mol. The number of carbonyl (C=O) groups is 4. The van der Waals surface area contributed by atoms with Crippen LogP contribution in [0.2, 0.25) is 0 Å². The molecule has 0 fully saturated rings. The number of rotatable bonds is 0. The second-order valence-corrected chi connectivity index (χ2v) is 8.60. The van der Waals surface area contributed by atoms with Gasteiger partial charge in [-0.25, -0.2) is 0 Å². The first-order chi connectivity index (χ1) is 14.0. The molecule has 1 aliphatic heterocycles. The van der Waals surface area contributed by atoms with Gasteiger partial charge in [0, 0.05) is 24.3 Å². The van der Waals surface area contributed by atoms with Crippen molar-refractivity contribution in [1.82, 2.24) is 21.3 Å². The van der Waals surface area contributed by atoms with Crippen LogP contribution in [0, 0.1) is 0 Å². The van der Waals surface area contributed by atoms with Crippen LogP contribution in [0.3, 0.4) is 0 Å². The highest BCUT2D eigenvalue weighted by molar-refractivity contribution is 5.97. The Morgan fingerprint density at radius 3 is 0.900 bits per heavy atom. The van der Waals surface area contributed by atoms with E-state index in [0.717, 1.165) is 0 Å². The minimum atomic E-state index is -0.322. The summed E-state index contributed by atoms with van der Waals surface area (Å²) in [5.41, 5.74) is 0. The van der Waals surface area contributed by atoms with Crippen molar-refractivity contribution in [3.05, 3.63) is 24.3 Å². The molecule has 1 aliphatic rings. The van der Waals surface area contributed by atoms with Crippen molar-refractivity contribution in [3.8, 4) is 0 Å². The molecular weight excluding hydrogens is 388 g/mol. The topological polar surface area (TPSA) is 116 Å². The first-order valence-electron chi connectivity index (χ1n) is 10.1. The highest BCUT2D eigenvalue weighted by Crippen LogP contribution is 1.95. The molecule has 0 spiro atoms. The largest absolute Gasteiger partial charge is 0.347 e. The van der Waals surface area contributed by atoms with E-state index in [4.69, 9.17) is 0 Å². The van der Waals surface area contributed by atoms with Crippen LogP contribution in [0.25, 0.3) is 0 Å². The molecule has 168 valence electrons. The summed E-state index contributed by atoms with van der Waals surface area (Å²) in [4.78, 5) is 47.5. The van der Waals surface area contributed by atoms with Crippen LogP contribution in [0.1, 0.15) is 0 Å². The van der Waals surface area contributed by atoms with E-state index in [1.165, 1.54) is 24.3 Å². The third-order valence-corrected chi connectivity index (χ3v) is 4.84. The van der Waals surface area contributed by atoms with Gasteiger partial charge in [-0.15, -0.1) is 0 Å². The Balaban J connectivity index is 2.71. The molecule has 0 saturated heterocycles. The van der Waals surface area contributed by atoms with E-state index in [9.17, 15) is 19.2 Å². The minimum absolute atomic E-state index is 0.322. The van der Waals surface area contributed by atoms with Gasteiger partial charge in [0.05, 0.1) is 80.5 Å². The number of nitrogens with zero attached hydrogens (tertiary/aromatic N) is 2. The van der Waals surface area contributed by atoms with Gasteiger partial charge in [0.1, 0.15) is 0 Å². The van der Waals surface area contributed by atoms with E-state index in [0.29, 0.717) is 61.3 Å². The van der Waals surface area contributed by atoms with Crippen LogP contribution in [0.4, 0.5) is 0 Å². The Kier molecular flexibility index (Phi) is 10.2. The molecule has 0 saturated carbocycles. The van der Waals surface area contributed by atoms with E-state index in [-0.39, 0.29) is 23.6 Å². The van der Waals surface area contributed by atoms with E-state index in [2.05, 4.69) is 21.3 Å². The fraction of sp³-hybridized carbons (Fsp3) is 0.600. The lowest BCUT2D eigenvalue weighted by Gasteiger charge is -2.30. The third-order valence-electron chi connectivity index (χ3n) is 4.84. The molecule has 0 bridgehead atoms. The summed E-state index contributed by atoms with van der Waals surface area (Å²) in [6.07, 6.45) is 4.90. The van der Waals surface area contributed by atoms with Gasteiger partial charge in [0.15, 0.2) is 0 Å². The van der Waals surface area contributed by atoms with Crippen molar-refractivity contribution in [2.75, 3.05) is 80.5 Å². The second kappa shape index (κ2) is 12.1. The summed E-state index contributed by atoms with van der Waals surface area (Å²) in [7, 11) is 7.96. The van der Waals surface area contributed by atoms with Crippen LogP contribution in [-0.4, -0.2) is 113 Å². The predicted molar refractivity (Wildman–Crippen MR) is 114 cm³/mol. The predicted octanol–water partition coefficient (Wildman–Crippen LogP) is -2.27. The average Bonchev–Trinajstić information content (AvgIpc) is 2.63. The molecule has 0 aromatic heterocycles. The van der Waals surface area contributed by atoms with E-state index >= 15 is 0 Å². The van der Waals surface area contributed by atoms with Gasteiger partial charge in [-0.1, -0.05) is 0 Å². The lowest BCUT2D eigenvalue weighted by molar-refractivity contribution is -0.887. The number of likely N-dealkylation sites (N-methyl/N-ethyl adjacent to an activating group) is 2. The summed E-state index contributed by atoms with van der Waals surface area (Å²) in [6, 6.07) is 0. The van der Waals surface area contributed by atoms with Crippen LogP contribution >= 0.6 is 0 Å². The third kappa shape index (κ3) is 12.0. The number of hydrogen-bond donors (Lipinski definition) is 4. The lowest BCUT2D eigenvalue weighted by atomic mass is 10.3. The molecule has 10 heteroatoms. The minimum Gasteiger partial charge on any atom is -0.347 e. The molecule has 10 nitrogen and oxygen atoms in total. The second-order valence-electron chi connectivity index (χ2n) is 8.60. The molecule has 30 heavy (non-hydrogen) atoms. The maximum atomic E-state index is 11.9. The van der Waals surface area contributed by atoms with Crippen molar-refractivity contribution in [2.45, 2.75) is 0 Å². The van der Waals surface area contributed by atoms with Gasteiger partial charge >= 0.3 is 0 Å². The van der Waals surface area contributed by atoms with Crippen molar-refractivity contribution in [3.63, 3.8) is 0 Å². The number of nitrogens with one attached hydrogen (secondary N) is 4. The standard InChI is InChI=1S/C20H34N6O4/c1-25(2)13-9-21-17(27)5-7-19(29)23-11-15-26(3,4)16-12-24-20(30)8-6-18(28)22-10-14-25/h5-8H,9-16H2,1-4H3,(H2-2,21,22,23,24,27,28,29,30)/p+2/b7-5+,8-6+. The molecule has 0 aliphatic carbocycles. The quantitative estimate of drug-likeness (QED) is 0.328. The molecule has 1 rings (SSSR count). The van der Waals surface area contributed by atoms with Crippen molar-refractivity contribution in [2.24, 2.45) is 0 Å². The van der Waals surface area contributed by atoms with E-state index in [1.807, 2.05) is 28.2 Å². The first-order valence-corrected chi connectivity index (χ1v) is 10.1. The maximum Gasteiger partial charge on any atom is 0.244 e. The Morgan fingerprint density at radius 2 is 0.700 bits per heavy atom. The van der Waals surface area contributed by atoms with Crippen molar-refractivity contribution >= 4 is 23.6 Å². The number of amides is 4. The van der Waals surface area contributed by atoms with Crippen molar-refractivity contribution < 1.29 is 28.1 Å². The first kappa shape index (κ1) is 25.3. The van der Waals surface area contributed by atoms with Gasteiger partial charge in [0.2, 0.25) is 23.6 Å². The summed E-state index contributed by atoms with van der Waals surface area (Å²) >= 11 is 0. The molecule has 0 aromatic carbocycles. The Morgan fingerprint density at radius 1 is 0.500 bits per heavy atom. The Labute approximate surface area is 178 Å². The molecule has 1 heterocycles. The van der Waals surface area contributed by atoms with Gasteiger partial charge in [0.25, 0.3) is 0 Å². The lowest BCUT2D eigenvalue weighted by Crippen LogP contribution is -2.49. The highest BCUT2D eigenvalue weighted by Gasteiger charge is 2.16. The molecule has 4 N–H and O–H groups in total. The molecule has 0 radical (unpaired) electrons.